The molecule has 1 saturated heterocycles. The number of nitrogens with one attached hydrogen (secondary N) is 1. The van der Waals surface area contributed by atoms with Crippen molar-refractivity contribution in [1.82, 2.24) is 15.3 Å². The Hall–Kier alpha value is -1.50. The highest BCUT2D eigenvalue weighted by molar-refractivity contribution is 9.10. The van der Waals surface area contributed by atoms with E-state index in [-0.39, 0.29) is 30.3 Å². The van der Waals surface area contributed by atoms with E-state index in [1.54, 1.807) is 11.0 Å². The molecule has 20 heavy (non-hydrogen) atoms. The lowest BCUT2D eigenvalue weighted by atomic mass is 10.1. The van der Waals surface area contributed by atoms with E-state index in [1.165, 1.54) is 0 Å². The Morgan fingerprint density at radius 2 is 2.15 bits per heavy atom. The molecular weight excluding hydrogens is 324 g/mol. The summed E-state index contributed by atoms with van der Waals surface area (Å²) in [5.74, 6) is 0.874. The number of anilines is 1. The lowest BCUT2D eigenvalue weighted by Gasteiger charge is -2.34. The topological polar surface area (TPSA) is 75.2 Å². The van der Waals surface area contributed by atoms with Gasteiger partial charge in [-0.05, 0) is 22.4 Å². The lowest BCUT2D eigenvalue weighted by molar-refractivity contribution is -0.132. The van der Waals surface area contributed by atoms with Crippen LogP contribution in [0.4, 0.5) is 5.82 Å². The van der Waals surface area contributed by atoms with Crippen molar-refractivity contribution in [1.29, 1.82) is 0 Å². The quantitative estimate of drug-likeness (QED) is 0.668. The number of hydrogen-bond acceptors (Lipinski definition) is 5. The minimum Gasteiger partial charge on any atom is -0.335 e. The molecule has 6 nitrogen and oxygen atoms in total. The number of amides is 2. The van der Waals surface area contributed by atoms with Crippen LogP contribution in [0.15, 0.2) is 10.7 Å². The number of aromatic nitrogens is 2. The van der Waals surface area contributed by atoms with E-state index in [0.717, 1.165) is 0 Å². The molecule has 0 saturated carbocycles. The number of rotatable bonds is 3. The molecule has 7 heteroatoms. The summed E-state index contributed by atoms with van der Waals surface area (Å²) in [4.78, 5) is 34.0. The molecule has 2 rings (SSSR count). The van der Waals surface area contributed by atoms with Crippen LogP contribution < -0.4 is 10.2 Å². The van der Waals surface area contributed by atoms with Crippen LogP contribution in [0.1, 0.15) is 38.9 Å². The van der Waals surface area contributed by atoms with E-state index < -0.39 is 0 Å². The number of piperazine rings is 1. The van der Waals surface area contributed by atoms with Crippen LogP contribution in [-0.4, -0.2) is 34.4 Å². The van der Waals surface area contributed by atoms with Gasteiger partial charge in [0.05, 0.1) is 6.54 Å². The van der Waals surface area contributed by atoms with Gasteiger partial charge in [0.15, 0.2) is 0 Å². The number of hydrogen-bond donors (Lipinski definition) is 1. The third-order valence-electron chi connectivity index (χ3n) is 3.15. The second-order valence-corrected chi connectivity index (χ2v) is 5.84. The molecule has 1 unspecified atom stereocenters. The second kappa shape index (κ2) is 5.87. The minimum absolute atomic E-state index is 0.130. The molecule has 2 heterocycles. The summed E-state index contributed by atoms with van der Waals surface area (Å²) in [6.45, 7) is 6.03. The van der Waals surface area contributed by atoms with E-state index >= 15 is 0 Å². The molecule has 108 valence electrons. The van der Waals surface area contributed by atoms with Gasteiger partial charge in [0, 0.05) is 12.0 Å². The van der Waals surface area contributed by atoms with Crippen molar-refractivity contribution in [2.45, 2.75) is 39.2 Å². The van der Waals surface area contributed by atoms with Gasteiger partial charge < -0.3 is 4.90 Å². The summed E-state index contributed by atoms with van der Waals surface area (Å²) in [6.07, 6.45) is 0.609. The van der Waals surface area contributed by atoms with Gasteiger partial charge in [-0.2, -0.15) is 0 Å². The van der Waals surface area contributed by atoms with Crippen LogP contribution in [0.3, 0.4) is 0 Å². The highest BCUT2D eigenvalue weighted by Crippen LogP contribution is 2.24. The molecule has 1 aliphatic rings. The molecule has 0 aromatic carbocycles. The maximum absolute atomic E-state index is 11.9. The smallest absolute Gasteiger partial charge is 0.249 e. The van der Waals surface area contributed by atoms with Crippen molar-refractivity contribution >= 4 is 33.6 Å². The number of nitrogens with zero attached hydrogens (tertiary/aromatic N) is 3. The zero-order chi connectivity index (χ0) is 14.9. The molecule has 2 amide bonds. The first-order valence-corrected chi connectivity index (χ1v) is 7.36. The van der Waals surface area contributed by atoms with E-state index in [4.69, 9.17) is 0 Å². The Labute approximate surface area is 126 Å². The van der Waals surface area contributed by atoms with Crippen LogP contribution >= 0.6 is 15.9 Å². The van der Waals surface area contributed by atoms with Crippen molar-refractivity contribution in [3.8, 4) is 0 Å². The summed E-state index contributed by atoms with van der Waals surface area (Å²) >= 11 is 3.36. The predicted octanol–water partition coefficient (Wildman–Crippen LogP) is 1.60. The van der Waals surface area contributed by atoms with Crippen LogP contribution in [-0.2, 0) is 9.59 Å². The SMILES string of the molecule is CCC1C(=O)NC(=O)CN1c1cc(Br)nc(C(C)C)n1. The van der Waals surface area contributed by atoms with Crippen molar-refractivity contribution in [3.63, 3.8) is 0 Å². The van der Waals surface area contributed by atoms with E-state index in [1.807, 2.05) is 20.8 Å². The largest absolute Gasteiger partial charge is 0.335 e. The van der Waals surface area contributed by atoms with Gasteiger partial charge in [-0.15, -0.1) is 0 Å². The summed E-state index contributed by atoms with van der Waals surface area (Å²) in [5.41, 5.74) is 0. The predicted molar refractivity (Wildman–Crippen MR) is 78.4 cm³/mol. The Morgan fingerprint density at radius 3 is 2.75 bits per heavy atom. The van der Waals surface area contributed by atoms with Crippen molar-refractivity contribution in [3.05, 3.63) is 16.5 Å². The number of carbonyl (C=O) groups is 2. The zero-order valence-corrected chi connectivity index (χ0v) is 13.3. The van der Waals surface area contributed by atoms with Gasteiger partial charge in [-0.3, -0.25) is 14.9 Å². The van der Waals surface area contributed by atoms with E-state index in [9.17, 15) is 9.59 Å². The minimum atomic E-state index is -0.380. The van der Waals surface area contributed by atoms with Crippen LogP contribution in [0.2, 0.25) is 0 Å². The van der Waals surface area contributed by atoms with Crippen molar-refractivity contribution < 1.29 is 9.59 Å². The van der Waals surface area contributed by atoms with Crippen molar-refractivity contribution in [2.24, 2.45) is 0 Å². The molecule has 0 bridgehead atoms. The van der Waals surface area contributed by atoms with Gasteiger partial charge in [0.2, 0.25) is 11.8 Å². The Bertz CT molecular complexity index is 547. The summed E-state index contributed by atoms with van der Waals surface area (Å²) in [7, 11) is 0. The van der Waals surface area contributed by atoms with Crippen molar-refractivity contribution in [2.75, 3.05) is 11.4 Å². The van der Waals surface area contributed by atoms with E-state index in [0.29, 0.717) is 22.7 Å². The fraction of sp³-hybridized carbons (Fsp3) is 0.538. The summed E-state index contributed by atoms with van der Waals surface area (Å²) in [5, 5.41) is 2.36. The van der Waals surface area contributed by atoms with Gasteiger partial charge in [-0.25, -0.2) is 9.97 Å². The molecule has 0 spiro atoms. The van der Waals surface area contributed by atoms with Crippen LogP contribution in [0.5, 0.6) is 0 Å². The highest BCUT2D eigenvalue weighted by atomic mass is 79.9. The van der Waals surface area contributed by atoms with E-state index in [2.05, 4.69) is 31.2 Å². The molecular formula is C13H17BrN4O2. The highest BCUT2D eigenvalue weighted by Gasteiger charge is 2.33. The second-order valence-electron chi connectivity index (χ2n) is 5.03. The molecule has 1 fully saturated rings. The van der Waals surface area contributed by atoms with Gasteiger partial charge in [0.1, 0.15) is 22.3 Å². The first-order chi connectivity index (χ1) is 9.42. The number of carbonyl (C=O) groups excluding carboxylic acids is 2. The van der Waals surface area contributed by atoms with Gasteiger partial charge >= 0.3 is 0 Å². The average molecular weight is 341 g/mol. The Balaban J connectivity index is 2.42. The first kappa shape index (κ1) is 14.9. The third kappa shape index (κ3) is 2.98. The lowest BCUT2D eigenvalue weighted by Crippen LogP contribution is -2.58. The normalized spacial score (nSPS) is 19.4. The monoisotopic (exact) mass is 340 g/mol. The van der Waals surface area contributed by atoms with Crippen LogP contribution in [0.25, 0.3) is 0 Å². The maximum Gasteiger partial charge on any atom is 0.249 e. The molecule has 1 aromatic rings. The van der Waals surface area contributed by atoms with Crippen LogP contribution in [0, 0.1) is 0 Å². The maximum atomic E-state index is 11.9. The summed E-state index contributed by atoms with van der Waals surface area (Å²) in [6, 6.07) is 1.36. The Morgan fingerprint density at radius 1 is 1.45 bits per heavy atom. The number of halogens is 1. The zero-order valence-electron chi connectivity index (χ0n) is 11.7. The first-order valence-electron chi connectivity index (χ1n) is 6.57. The third-order valence-corrected chi connectivity index (χ3v) is 3.56. The fourth-order valence-corrected chi connectivity index (χ4v) is 2.53. The molecule has 0 radical (unpaired) electrons. The van der Waals surface area contributed by atoms with Gasteiger partial charge in [0.25, 0.3) is 0 Å². The standard InChI is InChI=1S/C13H17BrN4O2/c1-4-8-13(20)17-11(19)6-18(8)10-5-9(14)15-12(16-10)7(2)3/h5,7-8H,4,6H2,1-3H3,(H,17,19,20). The fourth-order valence-electron chi connectivity index (χ4n) is 2.14. The average Bonchev–Trinajstić information content (AvgIpc) is 2.37. The molecule has 0 aliphatic carbocycles. The number of imide groups is 1. The Kier molecular flexibility index (Phi) is 4.37. The molecule has 1 N–H and O–H groups in total. The molecule has 1 aliphatic heterocycles. The summed E-state index contributed by atoms with van der Waals surface area (Å²) < 4.78 is 0.652. The van der Waals surface area contributed by atoms with Gasteiger partial charge in [-0.1, -0.05) is 20.8 Å². The molecule has 1 aromatic heterocycles. The molecule has 1 atom stereocenters.